The number of halogens is 1. The third kappa shape index (κ3) is 7.97. The Morgan fingerprint density at radius 1 is 1.02 bits per heavy atom. The topological polar surface area (TPSA) is 226 Å². The van der Waals surface area contributed by atoms with Crippen molar-refractivity contribution >= 4 is 56.2 Å². The standard InChI is InChI=1S/C38H37FN4O10S/c1-54(51,52)43(28-17-31-27(16-26(28)22-7-8-22)33(35(40)47)34(53-31)23-9-11-25(39)12-10-23)20-32(46)42-38(13-2-3-14-38)37(50)41-19-21-5-4-6-24(15-21)29(44)18-30(45)36(48)49/h4-6,9-12,15-18,22,45H,2-3,7-8,13-14,19-20H2,1H3,(H2,40,47)(H,41,50)(H,42,46)(H,48,49)/b30-18-. The Balaban J connectivity index is 1.25. The van der Waals surface area contributed by atoms with E-state index in [-0.39, 0.29) is 53.5 Å². The maximum Gasteiger partial charge on any atom is 0.371 e. The Bertz CT molecular complexity index is 2330. The number of nitrogens with zero attached hydrogens (tertiary/aromatic N) is 1. The number of carboxylic acids is 1. The third-order valence-corrected chi connectivity index (χ3v) is 10.7. The normalized spacial score (nSPS) is 15.5. The maximum atomic E-state index is 13.8. The second-order valence-electron chi connectivity index (χ2n) is 13.5. The molecule has 14 nitrogen and oxygen atoms in total. The van der Waals surface area contributed by atoms with Crippen LogP contribution in [0.15, 0.2) is 76.9 Å². The molecule has 16 heteroatoms. The lowest BCUT2D eigenvalue weighted by Gasteiger charge is -2.31. The van der Waals surface area contributed by atoms with Gasteiger partial charge >= 0.3 is 5.97 Å². The predicted molar refractivity (Wildman–Crippen MR) is 195 cm³/mol. The second kappa shape index (κ2) is 14.8. The van der Waals surface area contributed by atoms with Crippen molar-refractivity contribution in [2.75, 3.05) is 17.1 Å². The summed E-state index contributed by atoms with van der Waals surface area (Å²) < 4.78 is 47.4. The molecule has 2 aliphatic rings. The number of aliphatic carboxylic acids is 1. The van der Waals surface area contributed by atoms with Gasteiger partial charge in [-0.3, -0.25) is 23.5 Å². The minimum Gasteiger partial charge on any atom is -0.502 e. The Kier molecular flexibility index (Phi) is 10.3. The highest BCUT2D eigenvalue weighted by Crippen LogP contribution is 2.48. The fourth-order valence-corrected chi connectivity index (χ4v) is 7.66. The molecule has 1 aromatic heterocycles. The molecule has 2 fully saturated rings. The van der Waals surface area contributed by atoms with Crippen molar-refractivity contribution < 1.29 is 51.4 Å². The second-order valence-corrected chi connectivity index (χ2v) is 15.5. The monoisotopic (exact) mass is 760 g/mol. The van der Waals surface area contributed by atoms with Crippen LogP contribution in [-0.4, -0.2) is 66.4 Å². The van der Waals surface area contributed by atoms with Crippen LogP contribution in [0.3, 0.4) is 0 Å². The summed E-state index contributed by atoms with van der Waals surface area (Å²) in [5.41, 5.74) is 6.28. The lowest BCUT2D eigenvalue weighted by molar-refractivity contribution is -0.135. The molecule has 3 aromatic carbocycles. The number of amides is 3. The molecule has 2 aliphatic carbocycles. The van der Waals surface area contributed by atoms with Gasteiger partial charge < -0.3 is 31.0 Å². The lowest BCUT2D eigenvalue weighted by Crippen LogP contribution is -2.58. The highest BCUT2D eigenvalue weighted by atomic mass is 32.2. The van der Waals surface area contributed by atoms with Gasteiger partial charge in [0.25, 0.3) is 5.91 Å². The van der Waals surface area contributed by atoms with Crippen LogP contribution < -0.4 is 20.7 Å². The van der Waals surface area contributed by atoms with E-state index in [0.29, 0.717) is 41.0 Å². The van der Waals surface area contributed by atoms with Crippen LogP contribution in [-0.2, 0) is 31.0 Å². The number of aliphatic hydroxyl groups is 1. The number of nitrogens with two attached hydrogens (primary N) is 1. The molecule has 0 spiro atoms. The lowest BCUT2D eigenvalue weighted by atomic mass is 9.95. The van der Waals surface area contributed by atoms with Crippen LogP contribution in [0.5, 0.6) is 0 Å². The first-order chi connectivity index (χ1) is 25.6. The zero-order valence-electron chi connectivity index (χ0n) is 29.1. The molecular weight excluding hydrogens is 724 g/mol. The highest BCUT2D eigenvalue weighted by molar-refractivity contribution is 7.92. The molecule has 54 heavy (non-hydrogen) atoms. The van der Waals surface area contributed by atoms with Gasteiger partial charge in [-0.2, -0.15) is 0 Å². The van der Waals surface area contributed by atoms with Crippen LogP contribution in [0.2, 0.25) is 0 Å². The molecular formula is C38H37FN4O10S. The number of fused-ring (bicyclic) bond motifs is 1. The van der Waals surface area contributed by atoms with Gasteiger partial charge in [0.05, 0.1) is 17.5 Å². The fourth-order valence-electron chi connectivity index (χ4n) is 6.80. The molecule has 2 saturated carbocycles. The van der Waals surface area contributed by atoms with Crippen LogP contribution in [0, 0.1) is 5.82 Å². The molecule has 282 valence electrons. The third-order valence-electron chi connectivity index (χ3n) is 9.59. The van der Waals surface area contributed by atoms with Crippen molar-refractivity contribution in [3.8, 4) is 11.3 Å². The minimum absolute atomic E-state index is 0.0514. The SMILES string of the molecule is CS(=O)(=O)N(CC(=O)NC1(C(=O)NCc2cccc(C(=O)/C=C(\O)C(=O)O)c2)CCCC1)c1cc2oc(-c3ccc(F)cc3)c(C(N)=O)c2cc1C1CC1. The van der Waals surface area contributed by atoms with Crippen LogP contribution in [0.4, 0.5) is 10.1 Å². The molecule has 6 rings (SSSR count). The van der Waals surface area contributed by atoms with E-state index in [4.69, 9.17) is 15.3 Å². The molecule has 3 amide bonds. The average molecular weight is 761 g/mol. The number of hydrogen-bond donors (Lipinski definition) is 5. The number of aliphatic hydroxyl groups excluding tert-OH is 1. The Morgan fingerprint density at radius 2 is 1.70 bits per heavy atom. The average Bonchev–Trinajstić information content (AvgIpc) is 3.74. The molecule has 4 aromatic rings. The first-order valence-corrected chi connectivity index (χ1v) is 18.9. The first kappa shape index (κ1) is 37.7. The molecule has 0 saturated heterocycles. The van der Waals surface area contributed by atoms with Crippen LogP contribution in [0.1, 0.15) is 76.3 Å². The van der Waals surface area contributed by atoms with Gasteiger partial charge in [0.15, 0.2) is 5.78 Å². The van der Waals surface area contributed by atoms with Crippen LogP contribution in [0.25, 0.3) is 22.3 Å². The summed E-state index contributed by atoms with van der Waals surface area (Å²) in [6.07, 6.45) is 4.81. The summed E-state index contributed by atoms with van der Waals surface area (Å²) >= 11 is 0. The molecule has 0 aliphatic heterocycles. The van der Waals surface area contributed by atoms with E-state index < -0.39 is 63.2 Å². The fraction of sp³-hybridized carbons (Fsp3) is 0.289. The number of carbonyl (C=O) groups is 5. The Morgan fingerprint density at radius 3 is 2.31 bits per heavy atom. The van der Waals surface area contributed by atoms with Gasteiger partial charge in [-0.1, -0.05) is 31.0 Å². The number of ketones is 1. The first-order valence-electron chi connectivity index (χ1n) is 17.1. The van der Waals surface area contributed by atoms with Crippen molar-refractivity contribution in [3.63, 3.8) is 0 Å². The summed E-state index contributed by atoms with van der Waals surface area (Å²) in [5, 5.41) is 24.2. The number of hydrogen-bond acceptors (Lipinski definition) is 9. The zero-order chi connectivity index (χ0) is 38.9. The van der Waals surface area contributed by atoms with Crippen molar-refractivity contribution in [3.05, 3.63) is 101 Å². The zero-order valence-corrected chi connectivity index (χ0v) is 29.9. The van der Waals surface area contributed by atoms with Gasteiger partial charge in [0.2, 0.25) is 27.6 Å². The highest BCUT2D eigenvalue weighted by Gasteiger charge is 2.43. The summed E-state index contributed by atoms with van der Waals surface area (Å²) in [5.74, 6) is -6.06. The van der Waals surface area contributed by atoms with E-state index in [1.54, 1.807) is 12.1 Å². The largest absolute Gasteiger partial charge is 0.502 e. The van der Waals surface area contributed by atoms with Gasteiger partial charge in [0.1, 0.15) is 29.2 Å². The number of nitrogens with one attached hydrogen (secondary N) is 2. The number of anilines is 1. The Labute approximate surface area is 308 Å². The predicted octanol–water partition coefficient (Wildman–Crippen LogP) is 4.44. The Hall–Kier alpha value is -6.03. The molecule has 0 atom stereocenters. The molecule has 0 bridgehead atoms. The summed E-state index contributed by atoms with van der Waals surface area (Å²) in [6.45, 7) is -0.725. The molecule has 1 heterocycles. The minimum atomic E-state index is -4.11. The van der Waals surface area contributed by atoms with Crippen molar-refractivity contribution in [2.24, 2.45) is 5.73 Å². The number of primary amides is 1. The number of furan rings is 1. The van der Waals surface area contributed by atoms with Crippen molar-refractivity contribution in [1.82, 2.24) is 10.6 Å². The molecule has 6 N–H and O–H groups in total. The quantitative estimate of drug-likeness (QED) is 0.0690. The number of sulfonamides is 1. The van der Waals surface area contributed by atoms with Gasteiger partial charge in [0, 0.05) is 35.2 Å². The van der Waals surface area contributed by atoms with Crippen molar-refractivity contribution in [1.29, 1.82) is 0 Å². The smallest absolute Gasteiger partial charge is 0.371 e. The number of rotatable bonds is 14. The van der Waals surface area contributed by atoms with Crippen LogP contribution >= 0.6 is 0 Å². The van der Waals surface area contributed by atoms with E-state index in [1.807, 2.05) is 0 Å². The van der Waals surface area contributed by atoms with E-state index >= 15 is 0 Å². The maximum absolute atomic E-state index is 13.8. The van der Waals surface area contributed by atoms with Crippen molar-refractivity contribution in [2.45, 2.75) is 56.5 Å². The van der Waals surface area contributed by atoms with Gasteiger partial charge in [-0.15, -0.1) is 0 Å². The van der Waals surface area contributed by atoms with E-state index in [2.05, 4.69) is 10.6 Å². The summed E-state index contributed by atoms with van der Waals surface area (Å²) in [4.78, 5) is 63.5. The van der Waals surface area contributed by atoms with Gasteiger partial charge in [-0.25, -0.2) is 17.6 Å². The number of benzene rings is 3. The van der Waals surface area contributed by atoms with E-state index in [1.165, 1.54) is 48.5 Å². The molecule has 0 radical (unpaired) electrons. The van der Waals surface area contributed by atoms with E-state index in [9.17, 15) is 41.9 Å². The van der Waals surface area contributed by atoms with E-state index in [0.717, 1.165) is 23.4 Å². The number of allylic oxidation sites excluding steroid dienone is 1. The number of carbonyl (C=O) groups excluding carboxylic acids is 4. The number of carboxylic acid groups (broad SMARTS) is 1. The summed E-state index contributed by atoms with van der Waals surface area (Å²) in [7, 11) is -4.11. The molecule has 0 unspecified atom stereocenters. The van der Waals surface area contributed by atoms with Gasteiger partial charge in [-0.05, 0) is 79.1 Å². The summed E-state index contributed by atoms with van der Waals surface area (Å²) in [6, 6.07) is 14.4.